The van der Waals surface area contributed by atoms with Crippen LogP contribution in [0, 0.1) is 0 Å². The summed E-state index contributed by atoms with van der Waals surface area (Å²) in [6.45, 7) is 0.0449. The third kappa shape index (κ3) is 5.22. The van der Waals surface area contributed by atoms with Gasteiger partial charge >= 0.3 is 18.2 Å². The van der Waals surface area contributed by atoms with Crippen molar-refractivity contribution in [3.63, 3.8) is 0 Å². The maximum absolute atomic E-state index is 13.0. The number of hydrogen-bond acceptors (Lipinski definition) is 3. The number of nitrogens with one attached hydrogen (secondary N) is 1. The molecule has 0 aliphatic heterocycles. The van der Waals surface area contributed by atoms with Crippen LogP contribution in [0.25, 0.3) is 11.1 Å². The number of carbonyl (C=O) groups is 2. The van der Waals surface area contributed by atoms with Crippen molar-refractivity contribution in [1.82, 2.24) is 5.32 Å². The van der Waals surface area contributed by atoms with E-state index in [1.165, 1.54) is 12.1 Å². The molecule has 1 atom stereocenters. The highest BCUT2D eigenvalue weighted by Crippen LogP contribution is 2.44. The molecule has 0 fully saturated rings. The lowest BCUT2D eigenvalue weighted by Gasteiger charge is -2.19. The summed E-state index contributed by atoms with van der Waals surface area (Å²) < 4.78 is 44.4. The molecule has 2 N–H and O–H groups in total. The SMILES string of the molecule is O=C(O)CC(Cc1cccc(C(F)(F)F)c1)NC(=O)OCC1c2ccccc2-c2ccccc21. The molecule has 0 saturated carbocycles. The first-order chi connectivity index (χ1) is 16.2. The number of carbonyl (C=O) groups excluding carboxylic acids is 1. The fourth-order valence-corrected chi connectivity index (χ4v) is 4.35. The lowest BCUT2D eigenvalue weighted by Crippen LogP contribution is -2.39. The van der Waals surface area contributed by atoms with Gasteiger partial charge in [-0.25, -0.2) is 4.79 Å². The second-order valence-electron chi connectivity index (χ2n) is 8.17. The van der Waals surface area contributed by atoms with E-state index in [1.54, 1.807) is 0 Å². The maximum Gasteiger partial charge on any atom is 0.416 e. The van der Waals surface area contributed by atoms with Gasteiger partial charge in [0.25, 0.3) is 0 Å². The largest absolute Gasteiger partial charge is 0.481 e. The van der Waals surface area contributed by atoms with E-state index < -0.39 is 36.3 Å². The first kappa shape index (κ1) is 23.4. The summed E-state index contributed by atoms with van der Waals surface area (Å²) in [5, 5.41) is 11.7. The molecule has 0 heterocycles. The van der Waals surface area contributed by atoms with Crippen molar-refractivity contribution in [2.24, 2.45) is 0 Å². The number of hydrogen-bond donors (Lipinski definition) is 2. The van der Waals surface area contributed by atoms with E-state index in [9.17, 15) is 27.9 Å². The first-order valence-electron chi connectivity index (χ1n) is 10.7. The highest BCUT2D eigenvalue weighted by Gasteiger charge is 2.31. The molecule has 34 heavy (non-hydrogen) atoms. The normalized spacial score (nSPS) is 13.6. The van der Waals surface area contributed by atoms with Gasteiger partial charge in [-0.05, 0) is 40.3 Å². The van der Waals surface area contributed by atoms with Crippen LogP contribution in [0.3, 0.4) is 0 Å². The van der Waals surface area contributed by atoms with Gasteiger partial charge in [-0.15, -0.1) is 0 Å². The Bertz CT molecular complexity index is 1160. The minimum absolute atomic E-state index is 0.0449. The molecule has 0 radical (unpaired) electrons. The summed E-state index contributed by atoms with van der Waals surface area (Å²) in [5.41, 5.74) is 3.63. The molecule has 0 spiro atoms. The zero-order valence-electron chi connectivity index (χ0n) is 18.0. The average molecular weight is 469 g/mol. The number of fused-ring (bicyclic) bond motifs is 3. The second-order valence-corrected chi connectivity index (χ2v) is 8.17. The fraction of sp³-hybridized carbons (Fsp3) is 0.231. The van der Waals surface area contributed by atoms with Gasteiger partial charge in [0.05, 0.1) is 12.0 Å². The van der Waals surface area contributed by atoms with Crippen molar-refractivity contribution >= 4 is 12.1 Å². The van der Waals surface area contributed by atoms with E-state index in [4.69, 9.17) is 4.74 Å². The van der Waals surface area contributed by atoms with Gasteiger partial charge < -0.3 is 15.2 Å². The molecule has 0 aromatic heterocycles. The molecule has 1 amide bonds. The lowest BCUT2D eigenvalue weighted by molar-refractivity contribution is -0.138. The predicted molar refractivity (Wildman–Crippen MR) is 119 cm³/mol. The minimum Gasteiger partial charge on any atom is -0.481 e. The van der Waals surface area contributed by atoms with E-state index in [0.29, 0.717) is 0 Å². The Morgan fingerprint density at radius 3 is 2.15 bits per heavy atom. The number of benzene rings is 3. The van der Waals surface area contributed by atoms with Gasteiger partial charge in [-0.3, -0.25) is 4.79 Å². The van der Waals surface area contributed by atoms with Crippen molar-refractivity contribution in [3.8, 4) is 11.1 Å². The molecule has 1 aliphatic rings. The highest BCUT2D eigenvalue weighted by atomic mass is 19.4. The van der Waals surface area contributed by atoms with Crippen LogP contribution in [0.15, 0.2) is 72.8 Å². The number of rotatable bonds is 7. The monoisotopic (exact) mass is 469 g/mol. The van der Waals surface area contributed by atoms with E-state index >= 15 is 0 Å². The van der Waals surface area contributed by atoms with Crippen LogP contribution < -0.4 is 5.32 Å². The summed E-state index contributed by atoms with van der Waals surface area (Å²) in [4.78, 5) is 23.8. The molecule has 5 nitrogen and oxygen atoms in total. The average Bonchev–Trinajstić information content (AvgIpc) is 3.11. The van der Waals surface area contributed by atoms with Crippen LogP contribution in [-0.4, -0.2) is 29.8 Å². The maximum atomic E-state index is 13.0. The van der Waals surface area contributed by atoms with Gasteiger partial charge in [0.1, 0.15) is 6.61 Å². The Hall–Kier alpha value is -3.81. The molecule has 0 saturated heterocycles. The predicted octanol–water partition coefficient (Wildman–Crippen LogP) is 5.63. The number of alkyl carbamates (subject to hydrolysis) is 1. The van der Waals surface area contributed by atoms with Crippen LogP contribution in [0.4, 0.5) is 18.0 Å². The van der Waals surface area contributed by atoms with Crippen molar-refractivity contribution in [2.75, 3.05) is 6.61 Å². The molecule has 176 valence electrons. The molecule has 3 aromatic carbocycles. The van der Waals surface area contributed by atoms with Crippen LogP contribution in [0.1, 0.15) is 34.6 Å². The number of alkyl halides is 3. The number of halogens is 3. The molecule has 1 unspecified atom stereocenters. The lowest BCUT2D eigenvalue weighted by atomic mass is 9.98. The van der Waals surface area contributed by atoms with Gasteiger partial charge in [0, 0.05) is 12.0 Å². The zero-order chi connectivity index (χ0) is 24.3. The van der Waals surface area contributed by atoms with Crippen molar-refractivity contribution in [1.29, 1.82) is 0 Å². The zero-order valence-corrected chi connectivity index (χ0v) is 18.0. The van der Waals surface area contributed by atoms with Crippen LogP contribution >= 0.6 is 0 Å². The molecule has 8 heteroatoms. The smallest absolute Gasteiger partial charge is 0.416 e. The molecule has 4 rings (SSSR count). The minimum atomic E-state index is -4.52. The third-order valence-corrected chi connectivity index (χ3v) is 5.82. The topological polar surface area (TPSA) is 75.6 Å². The summed E-state index contributed by atoms with van der Waals surface area (Å²) in [5.74, 6) is -1.35. The molecular formula is C26H22F3NO4. The van der Waals surface area contributed by atoms with Gasteiger partial charge in [0.15, 0.2) is 0 Å². The van der Waals surface area contributed by atoms with Gasteiger partial charge in [-0.2, -0.15) is 13.2 Å². The standard InChI is InChI=1S/C26H22F3NO4/c27-26(28,29)17-7-5-6-16(12-17)13-18(14-24(31)32)30-25(33)34-15-23-21-10-3-1-8-19(21)20-9-2-4-11-22(20)23/h1-12,18,23H,13-15H2,(H,30,33)(H,31,32). The van der Waals surface area contributed by atoms with E-state index in [2.05, 4.69) is 5.32 Å². The molecule has 1 aliphatic carbocycles. The van der Waals surface area contributed by atoms with E-state index in [-0.39, 0.29) is 24.5 Å². The second kappa shape index (κ2) is 9.59. The number of ether oxygens (including phenoxy) is 1. The summed E-state index contributed by atoms with van der Waals surface area (Å²) in [7, 11) is 0. The Morgan fingerprint density at radius 2 is 1.56 bits per heavy atom. The number of aliphatic carboxylic acids is 1. The van der Waals surface area contributed by atoms with Crippen LogP contribution in [-0.2, 0) is 22.1 Å². The Kier molecular flexibility index (Phi) is 6.58. The van der Waals surface area contributed by atoms with Crippen molar-refractivity contribution in [2.45, 2.75) is 31.0 Å². The summed E-state index contributed by atoms with van der Waals surface area (Å²) in [6.07, 6.45) is -5.88. The molecule has 3 aromatic rings. The van der Waals surface area contributed by atoms with Crippen LogP contribution in [0.5, 0.6) is 0 Å². The third-order valence-electron chi connectivity index (χ3n) is 5.82. The number of amides is 1. The molecule has 0 bridgehead atoms. The molecular weight excluding hydrogens is 447 g/mol. The van der Waals surface area contributed by atoms with Crippen LogP contribution in [0.2, 0.25) is 0 Å². The first-order valence-corrected chi connectivity index (χ1v) is 10.7. The quantitative estimate of drug-likeness (QED) is 0.470. The van der Waals surface area contributed by atoms with Crippen molar-refractivity contribution < 1.29 is 32.6 Å². The fourth-order valence-electron chi connectivity index (χ4n) is 4.35. The summed E-state index contributed by atoms with van der Waals surface area (Å²) >= 11 is 0. The Balaban J connectivity index is 1.44. The van der Waals surface area contributed by atoms with E-state index in [1.807, 2.05) is 48.5 Å². The number of carboxylic acid groups (broad SMARTS) is 1. The summed E-state index contributed by atoms with van der Waals surface area (Å²) in [6, 6.07) is 19.3. The van der Waals surface area contributed by atoms with E-state index in [0.717, 1.165) is 34.4 Å². The van der Waals surface area contributed by atoms with Gasteiger partial charge in [0.2, 0.25) is 0 Å². The number of carboxylic acids is 1. The highest BCUT2D eigenvalue weighted by molar-refractivity contribution is 5.79. The van der Waals surface area contributed by atoms with Crippen molar-refractivity contribution in [3.05, 3.63) is 95.1 Å². The Labute approximate surface area is 194 Å². The Morgan fingerprint density at radius 1 is 0.941 bits per heavy atom. The van der Waals surface area contributed by atoms with Gasteiger partial charge in [-0.1, -0.05) is 66.7 Å².